The van der Waals surface area contributed by atoms with Crippen LogP contribution in [-0.4, -0.2) is 92.4 Å². The lowest BCUT2D eigenvalue weighted by molar-refractivity contribution is -0.148. The van der Waals surface area contributed by atoms with Crippen molar-refractivity contribution in [2.75, 3.05) is 6.61 Å². The molecule has 0 aromatic heterocycles. The quantitative estimate of drug-likeness (QED) is 0.230. The van der Waals surface area contributed by atoms with E-state index in [2.05, 4.69) is 10.3 Å². The second-order valence-corrected chi connectivity index (χ2v) is 11.6. The molecule has 13 nitrogen and oxygen atoms in total. The van der Waals surface area contributed by atoms with Gasteiger partial charge in [-0.25, -0.2) is 14.0 Å². The molecule has 7 rings (SSSR count). The highest BCUT2D eigenvalue weighted by Gasteiger charge is 2.53. The Labute approximate surface area is 238 Å². The van der Waals surface area contributed by atoms with Crippen LogP contribution in [0.5, 0.6) is 0 Å². The van der Waals surface area contributed by atoms with Crippen molar-refractivity contribution in [3.63, 3.8) is 0 Å². The zero-order valence-corrected chi connectivity index (χ0v) is 22.4. The first kappa shape index (κ1) is 26.6. The summed E-state index contributed by atoms with van der Waals surface area (Å²) in [7, 11) is 0. The van der Waals surface area contributed by atoms with E-state index in [1.165, 1.54) is 17.2 Å². The van der Waals surface area contributed by atoms with Gasteiger partial charge in [-0.3, -0.25) is 29.6 Å². The third-order valence-corrected chi connectivity index (χ3v) is 9.16. The number of nitrogens with zero attached hydrogens (tertiary/aromatic N) is 3. The Bertz CT molecular complexity index is 1520. The number of carboxylic acid groups (broad SMARTS) is 2. The number of rotatable bonds is 6. The second kappa shape index (κ2) is 9.34. The van der Waals surface area contributed by atoms with E-state index in [1.54, 1.807) is 6.92 Å². The fourth-order valence-electron chi connectivity index (χ4n) is 6.81. The van der Waals surface area contributed by atoms with Crippen LogP contribution in [0.2, 0.25) is 0 Å². The van der Waals surface area contributed by atoms with Crippen molar-refractivity contribution in [1.82, 2.24) is 15.1 Å². The number of allylic oxidation sites excluding steroid dienone is 1. The number of piperidine rings is 1. The lowest BCUT2D eigenvalue weighted by Crippen LogP contribution is -2.55. The highest BCUT2D eigenvalue weighted by molar-refractivity contribution is 6.64. The van der Waals surface area contributed by atoms with Crippen LogP contribution in [0.3, 0.4) is 0 Å². The van der Waals surface area contributed by atoms with E-state index < -0.39 is 53.8 Å². The highest BCUT2D eigenvalue weighted by Crippen LogP contribution is 2.46. The summed E-state index contributed by atoms with van der Waals surface area (Å²) in [6.45, 7) is 1.50. The Kier molecular flexibility index (Phi) is 5.91. The van der Waals surface area contributed by atoms with Crippen LogP contribution in [-0.2, 0) is 33.4 Å². The number of fused-ring (bicyclic) bond motifs is 5. The van der Waals surface area contributed by atoms with E-state index in [9.17, 15) is 34.2 Å². The van der Waals surface area contributed by atoms with Crippen molar-refractivity contribution in [2.45, 2.75) is 69.4 Å². The van der Waals surface area contributed by atoms with Gasteiger partial charge in [0.1, 0.15) is 36.1 Å². The van der Waals surface area contributed by atoms with Crippen LogP contribution >= 0.6 is 0 Å². The maximum Gasteiger partial charge on any atom is 0.359 e. The number of aliphatic carboxylic acids is 2. The summed E-state index contributed by atoms with van der Waals surface area (Å²) in [6.07, 6.45) is 3.32. The number of ether oxygens (including phenoxy) is 2. The number of alkyl halides is 1. The van der Waals surface area contributed by atoms with E-state index in [4.69, 9.17) is 9.47 Å². The molecule has 5 aliphatic heterocycles. The van der Waals surface area contributed by atoms with Gasteiger partial charge < -0.3 is 24.6 Å². The van der Waals surface area contributed by atoms with E-state index in [1.807, 2.05) is 0 Å². The number of nitrogens with one attached hydrogen (secondary N) is 1. The summed E-state index contributed by atoms with van der Waals surface area (Å²) in [5.74, 6) is -4.84. The number of carboxylic acids is 2. The molecular weight excluding hydrogens is 555 g/mol. The topological polar surface area (TPSA) is 175 Å². The molecular formula is C28H27FN4O9. The maximum absolute atomic E-state index is 15.7. The van der Waals surface area contributed by atoms with Gasteiger partial charge in [-0.15, -0.1) is 0 Å². The summed E-state index contributed by atoms with van der Waals surface area (Å²) >= 11 is 0. The average molecular weight is 583 g/mol. The van der Waals surface area contributed by atoms with Gasteiger partial charge in [0.25, 0.3) is 5.91 Å². The van der Waals surface area contributed by atoms with Gasteiger partial charge in [0, 0.05) is 17.9 Å². The number of β-lactam (4-membered cyclic amide) rings is 1. The summed E-state index contributed by atoms with van der Waals surface area (Å²) in [4.78, 5) is 68.6. The Morgan fingerprint density at radius 2 is 1.95 bits per heavy atom. The molecule has 7 aliphatic rings. The molecule has 0 spiro atoms. The minimum Gasteiger partial charge on any atom is -0.477 e. The smallest absolute Gasteiger partial charge is 0.359 e. The molecule has 0 bridgehead atoms. The lowest BCUT2D eigenvalue weighted by atomic mass is 9.85. The number of halogens is 1. The van der Waals surface area contributed by atoms with Crippen molar-refractivity contribution < 1.29 is 48.0 Å². The number of carbonyl (C=O) groups excluding carboxylic acids is 3. The van der Waals surface area contributed by atoms with E-state index in [0.29, 0.717) is 17.6 Å². The number of hydrogen-bond donors (Lipinski definition) is 3. The molecule has 2 amide bonds. The third kappa shape index (κ3) is 3.84. The predicted molar refractivity (Wildman–Crippen MR) is 138 cm³/mol. The third-order valence-electron chi connectivity index (χ3n) is 9.16. The first-order valence-corrected chi connectivity index (χ1v) is 13.9. The van der Waals surface area contributed by atoms with Gasteiger partial charge >= 0.3 is 17.9 Å². The van der Waals surface area contributed by atoms with Gasteiger partial charge in [-0.1, -0.05) is 6.92 Å². The SMILES string of the molecule is C[C@H]1C(COC(=O)C2CCC3=CC(F)C4=C(OC=C5C(C6CC6)N=C(C(=O)O)C(=O)N54)C3N2)=C(C(=O)O)N2C(=O)CC12. The zero-order valence-electron chi connectivity index (χ0n) is 22.4. The van der Waals surface area contributed by atoms with E-state index in [-0.39, 0.29) is 66.1 Å². The molecule has 220 valence electrons. The Morgan fingerprint density at radius 1 is 1.19 bits per heavy atom. The summed E-state index contributed by atoms with van der Waals surface area (Å²) in [5, 5.41) is 22.4. The summed E-state index contributed by atoms with van der Waals surface area (Å²) in [6, 6.07) is -2.55. The molecule has 0 aromatic carbocycles. The second-order valence-electron chi connectivity index (χ2n) is 11.6. The predicted octanol–water partition coefficient (Wildman–Crippen LogP) is 0.747. The number of amides is 2. The highest BCUT2D eigenvalue weighted by atomic mass is 19.1. The van der Waals surface area contributed by atoms with Crippen LogP contribution in [0.4, 0.5) is 4.39 Å². The normalized spacial score (nSPS) is 33.3. The molecule has 1 saturated carbocycles. The van der Waals surface area contributed by atoms with Gasteiger partial charge in [-0.2, -0.15) is 0 Å². The molecule has 14 heteroatoms. The zero-order chi connectivity index (χ0) is 29.6. The molecule has 3 N–H and O–H groups in total. The molecule has 0 radical (unpaired) electrons. The van der Waals surface area contributed by atoms with Crippen molar-refractivity contribution >= 4 is 35.4 Å². The van der Waals surface area contributed by atoms with Gasteiger partial charge in [0.05, 0.1) is 23.8 Å². The number of esters is 1. The van der Waals surface area contributed by atoms with Crippen molar-refractivity contribution in [3.8, 4) is 0 Å². The number of hydrogen-bond acceptors (Lipinski definition) is 9. The molecule has 3 fully saturated rings. The molecule has 2 saturated heterocycles. The molecule has 2 aliphatic carbocycles. The van der Waals surface area contributed by atoms with E-state index in [0.717, 1.165) is 17.7 Å². The minimum atomic E-state index is -1.75. The summed E-state index contributed by atoms with van der Waals surface area (Å²) in [5.41, 5.74) is 0.309. The minimum absolute atomic E-state index is 0.0242. The largest absolute Gasteiger partial charge is 0.477 e. The Balaban J connectivity index is 1.12. The Morgan fingerprint density at radius 3 is 2.62 bits per heavy atom. The van der Waals surface area contributed by atoms with Crippen LogP contribution in [0.25, 0.3) is 0 Å². The van der Waals surface area contributed by atoms with Crippen LogP contribution < -0.4 is 5.32 Å². The van der Waals surface area contributed by atoms with Crippen molar-refractivity contribution in [2.24, 2.45) is 16.8 Å². The van der Waals surface area contributed by atoms with Crippen molar-refractivity contribution in [3.05, 3.63) is 46.3 Å². The standard InChI is InChI=1S/C28H27FN4O9/c1-10-13(22(27(38)39)32-16(10)7-18(32)34)8-42-28(40)15-5-4-12-6-14(29)23-24(20(12)30-15)41-9-17-19(11-2-3-11)31-21(26(36)37)25(35)33(17)23/h6,9-11,14-16,19-20,30H,2-5,7-8H2,1H3,(H,36,37)(H,38,39)/t10-,14?,15?,16?,19?,20?/m0/s1. The van der Waals surface area contributed by atoms with Gasteiger partial charge in [0.15, 0.2) is 6.17 Å². The molecule has 42 heavy (non-hydrogen) atoms. The van der Waals surface area contributed by atoms with Gasteiger partial charge in [0.2, 0.25) is 11.6 Å². The average Bonchev–Trinajstić information content (AvgIpc) is 3.76. The molecule has 5 heterocycles. The van der Waals surface area contributed by atoms with E-state index >= 15 is 4.39 Å². The lowest BCUT2D eigenvalue weighted by Gasteiger charge is -2.43. The monoisotopic (exact) mass is 582 g/mol. The van der Waals surface area contributed by atoms with Crippen LogP contribution in [0, 0.1) is 11.8 Å². The fraction of sp³-hybridized carbons (Fsp3) is 0.500. The number of aliphatic imine (C=N–C) groups is 1. The first-order chi connectivity index (χ1) is 20.1. The molecule has 5 unspecified atom stereocenters. The van der Waals surface area contributed by atoms with Crippen LogP contribution in [0.1, 0.15) is 39.0 Å². The molecule has 6 atom stereocenters. The maximum atomic E-state index is 15.7. The van der Waals surface area contributed by atoms with Gasteiger partial charge in [-0.05, 0) is 43.3 Å². The van der Waals surface area contributed by atoms with Crippen molar-refractivity contribution in [1.29, 1.82) is 0 Å². The fourth-order valence-corrected chi connectivity index (χ4v) is 6.81. The summed E-state index contributed by atoms with van der Waals surface area (Å²) < 4.78 is 27.1. The Hall–Kier alpha value is -4.33. The molecule has 0 aromatic rings. The first-order valence-electron chi connectivity index (χ1n) is 13.9. The van der Waals surface area contributed by atoms with Crippen LogP contribution in [0.15, 0.2) is 51.3 Å². The number of carbonyl (C=O) groups is 5.